The second-order valence-corrected chi connectivity index (χ2v) is 5.38. The van der Waals surface area contributed by atoms with Gasteiger partial charge in [-0.15, -0.1) is 0 Å². The molecule has 0 unspecified atom stereocenters. The van der Waals surface area contributed by atoms with Crippen LogP contribution in [0.5, 0.6) is 0 Å². The van der Waals surface area contributed by atoms with Gasteiger partial charge in [0.05, 0.1) is 13.1 Å². The molecule has 5 nitrogen and oxygen atoms in total. The van der Waals surface area contributed by atoms with Crippen LogP contribution in [0.15, 0.2) is 29.3 Å². The van der Waals surface area contributed by atoms with E-state index < -0.39 is 0 Å². The summed E-state index contributed by atoms with van der Waals surface area (Å²) in [5.41, 5.74) is 2.39. The molecule has 2 rings (SSSR count). The molecule has 114 valence electrons. The molecule has 0 saturated heterocycles. The highest BCUT2D eigenvalue weighted by atomic mass is 16.2. The van der Waals surface area contributed by atoms with Crippen LogP contribution >= 0.6 is 0 Å². The molecule has 0 aliphatic heterocycles. The minimum Gasteiger partial charge on any atom is -0.357 e. The van der Waals surface area contributed by atoms with Gasteiger partial charge in [0.25, 0.3) is 0 Å². The van der Waals surface area contributed by atoms with Crippen molar-refractivity contribution in [1.82, 2.24) is 16.0 Å². The summed E-state index contributed by atoms with van der Waals surface area (Å²) in [6, 6.07) is 8.67. The van der Waals surface area contributed by atoms with Crippen LogP contribution in [0, 0.1) is 6.92 Å². The van der Waals surface area contributed by atoms with E-state index in [1.807, 2.05) is 13.0 Å². The minimum absolute atomic E-state index is 0.0265. The van der Waals surface area contributed by atoms with E-state index in [0.29, 0.717) is 18.5 Å². The average Bonchev–Trinajstić information content (AvgIpc) is 3.26. The number of rotatable bonds is 6. The Morgan fingerprint density at radius 2 is 2.14 bits per heavy atom. The van der Waals surface area contributed by atoms with Crippen molar-refractivity contribution in [3.05, 3.63) is 35.4 Å². The van der Waals surface area contributed by atoms with E-state index in [0.717, 1.165) is 24.9 Å². The molecule has 1 aromatic carbocycles. The molecule has 1 fully saturated rings. The van der Waals surface area contributed by atoms with Crippen LogP contribution < -0.4 is 16.0 Å². The maximum Gasteiger partial charge on any atom is 0.239 e. The predicted molar refractivity (Wildman–Crippen MR) is 85.2 cm³/mol. The van der Waals surface area contributed by atoms with Crippen LogP contribution in [-0.2, 0) is 11.3 Å². The topological polar surface area (TPSA) is 65.5 Å². The van der Waals surface area contributed by atoms with Crippen molar-refractivity contribution in [2.24, 2.45) is 4.99 Å². The number of amides is 1. The summed E-state index contributed by atoms with van der Waals surface area (Å²) in [5, 5.41) is 9.16. The van der Waals surface area contributed by atoms with Crippen LogP contribution in [0.4, 0.5) is 0 Å². The van der Waals surface area contributed by atoms with E-state index in [1.54, 1.807) is 0 Å². The van der Waals surface area contributed by atoms with E-state index in [4.69, 9.17) is 0 Å². The maximum absolute atomic E-state index is 11.7. The highest BCUT2D eigenvalue weighted by Gasteiger charge is 2.22. The zero-order chi connectivity index (χ0) is 15.1. The summed E-state index contributed by atoms with van der Waals surface area (Å²) in [6.45, 7) is 5.70. The lowest BCUT2D eigenvalue weighted by atomic mass is 10.1. The molecule has 1 aliphatic rings. The van der Waals surface area contributed by atoms with Crippen LogP contribution in [0.3, 0.4) is 0 Å². The van der Waals surface area contributed by atoms with Crippen molar-refractivity contribution < 1.29 is 4.79 Å². The summed E-state index contributed by atoms with van der Waals surface area (Å²) in [5.74, 6) is 0.698. The Bertz CT molecular complexity index is 509. The zero-order valence-electron chi connectivity index (χ0n) is 12.8. The van der Waals surface area contributed by atoms with E-state index in [2.05, 4.69) is 46.1 Å². The first-order chi connectivity index (χ1) is 10.2. The van der Waals surface area contributed by atoms with E-state index >= 15 is 0 Å². The smallest absolute Gasteiger partial charge is 0.239 e. The number of guanidine groups is 1. The Morgan fingerprint density at radius 1 is 1.33 bits per heavy atom. The Hall–Kier alpha value is -2.04. The number of aliphatic imine (C=N–C) groups is 1. The monoisotopic (exact) mass is 288 g/mol. The van der Waals surface area contributed by atoms with Gasteiger partial charge in [0.15, 0.2) is 5.96 Å². The van der Waals surface area contributed by atoms with E-state index in [9.17, 15) is 4.79 Å². The second-order valence-electron chi connectivity index (χ2n) is 5.38. The zero-order valence-corrected chi connectivity index (χ0v) is 12.8. The summed E-state index contributed by atoms with van der Waals surface area (Å²) in [4.78, 5) is 16.2. The Balaban J connectivity index is 1.84. The van der Waals surface area contributed by atoms with Crippen LogP contribution in [0.1, 0.15) is 30.9 Å². The van der Waals surface area contributed by atoms with Crippen molar-refractivity contribution in [1.29, 1.82) is 0 Å². The third-order valence-corrected chi connectivity index (χ3v) is 3.21. The predicted octanol–water partition coefficient (Wildman–Crippen LogP) is 1.33. The Kier molecular flexibility index (Phi) is 5.60. The number of nitrogens with zero attached hydrogens (tertiary/aromatic N) is 1. The van der Waals surface area contributed by atoms with Gasteiger partial charge in [0.2, 0.25) is 5.91 Å². The van der Waals surface area contributed by atoms with Crippen molar-refractivity contribution in [2.45, 2.75) is 39.3 Å². The molecule has 1 saturated carbocycles. The van der Waals surface area contributed by atoms with Gasteiger partial charge in [-0.05, 0) is 32.3 Å². The first-order valence-corrected chi connectivity index (χ1v) is 7.54. The van der Waals surface area contributed by atoms with Gasteiger partial charge in [-0.25, -0.2) is 4.99 Å². The fraction of sp³-hybridized carbons (Fsp3) is 0.500. The normalized spacial score (nSPS) is 14.7. The Labute approximate surface area is 126 Å². The lowest BCUT2D eigenvalue weighted by Crippen LogP contribution is -2.43. The first kappa shape index (κ1) is 15.4. The molecule has 21 heavy (non-hydrogen) atoms. The second kappa shape index (κ2) is 7.67. The number of nitrogens with one attached hydrogen (secondary N) is 3. The van der Waals surface area contributed by atoms with Crippen molar-refractivity contribution in [2.75, 3.05) is 13.1 Å². The molecule has 5 heteroatoms. The number of hydrogen-bond donors (Lipinski definition) is 3. The summed E-state index contributed by atoms with van der Waals surface area (Å²) in [7, 11) is 0. The van der Waals surface area contributed by atoms with Gasteiger partial charge in [-0.1, -0.05) is 29.8 Å². The fourth-order valence-electron chi connectivity index (χ4n) is 1.99. The molecule has 1 aromatic rings. The standard InChI is InChI=1S/C16H24N4O/c1-3-17-16(19-11-15(21)20-14-7-8-14)18-10-13-6-4-5-12(2)9-13/h4-6,9,14H,3,7-8,10-11H2,1-2H3,(H,20,21)(H2,17,18,19). The first-order valence-electron chi connectivity index (χ1n) is 7.54. The quantitative estimate of drug-likeness (QED) is 0.546. The molecule has 0 aromatic heterocycles. The van der Waals surface area contributed by atoms with Crippen molar-refractivity contribution >= 4 is 11.9 Å². The largest absolute Gasteiger partial charge is 0.357 e. The highest BCUT2D eigenvalue weighted by Crippen LogP contribution is 2.18. The summed E-state index contributed by atoms with van der Waals surface area (Å²) >= 11 is 0. The molecule has 3 N–H and O–H groups in total. The van der Waals surface area contributed by atoms with Crippen molar-refractivity contribution in [3.8, 4) is 0 Å². The summed E-state index contributed by atoms with van der Waals surface area (Å²) < 4.78 is 0. The fourth-order valence-corrected chi connectivity index (χ4v) is 1.99. The van der Waals surface area contributed by atoms with E-state index in [1.165, 1.54) is 5.56 Å². The molecule has 0 spiro atoms. The molecule has 0 heterocycles. The molecule has 0 radical (unpaired) electrons. The molecular weight excluding hydrogens is 264 g/mol. The SMILES string of the molecule is CCNC(=NCc1cccc(C)c1)NCC(=O)NC1CC1. The van der Waals surface area contributed by atoms with Gasteiger partial charge < -0.3 is 16.0 Å². The van der Waals surface area contributed by atoms with Crippen LogP contribution in [0.25, 0.3) is 0 Å². The summed E-state index contributed by atoms with van der Waals surface area (Å²) in [6.07, 6.45) is 2.21. The molecule has 0 bridgehead atoms. The number of carbonyl (C=O) groups excluding carboxylic acids is 1. The molecule has 1 amide bonds. The number of aryl methyl sites for hydroxylation is 1. The molecular formula is C16H24N4O. The number of hydrogen-bond acceptors (Lipinski definition) is 2. The van der Waals surface area contributed by atoms with Gasteiger partial charge in [-0.2, -0.15) is 0 Å². The average molecular weight is 288 g/mol. The van der Waals surface area contributed by atoms with Gasteiger partial charge in [0, 0.05) is 12.6 Å². The van der Waals surface area contributed by atoms with Gasteiger partial charge in [0.1, 0.15) is 0 Å². The Morgan fingerprint density at radius 3 is 2.81 bits per heavy atom. The third kappa shape index (κ3) is 5.85. The van der Waals surface area contributed by atoms with Crippen LogP contribution in [-0.4, -0.2) is 31.0 Å². The van der Waals surface area contributed by atoms with Crippen LogP contribution in [0.2, 0.25) is 0 Å². The van der Waals surface area contributed by atoms with Gasteiger partial charge >= 0.3 is 0 Å². The lowest BCUT2D eigenvalue weighted by Gasteiger charge is -2.11. The third-order valence-electron chi connectivity index (χ3n) is 3.21. The lowest BCUT2D eigenvalue weighted by molar-refractivity contribution is -0.120. The van der Waals surface area contributed by atoms with Gasteiger partial charge in [-0.3, -0.25) is 4.79 Å². The van der Waals surface area contributed by atoms with Crippen molar-refractivity contribution in [3.63, 3.8) is 0 Å². The number of benzene rings is 1. The molecule has 1 aliphatic carbocycles. The molecule has 0 atom stereocenters. The minimum atomic E-state index is 0.0265. The highest BCUT2D eigenvalue weighted by molar-refractivity contribution is 5.86. The van der Waals surface area contributed by atoms with E-state index in [-0.39, 0.29) is 12.5 Å². The number of carbonyl (C=O) groups is 1. The maximum atomic E-state index is 11.7.